The van der Waals surface area contributed by atoms with E-state index in [1.807, 2.05) is 0 Å². The lowest BCUT2D eigenvalue weighted by molar-refractivity contribution is 0.251. The summed E-state index contributed by atoms with van der Waals surface area (Å²) in [5.74, 6) is -0.332. The molecule has 0 radical (unpaired) electrons. The van der Waals surface area contributed by atoms with Crippen LogP contribution in [0.15, 0.2) is 24.3 Å². The largest absolute Gasteiger partial charge is 0.271 e. The van der Waals surface area contributed by atoms with Gasteiger partial charge in [0.15, 0.2) is 0 Å². The summed E-state index contributed by atoms with van der Waals surface area (Å²) < 4.78 is 27.7. The first kappa shape index (κ1) is 11.4. The van der Waals surface area contributed by atoms with Crippen LogP contribution in [-0.2, 0) is 11.2 Å². The molecular formula is C9H10FN3OS2. The molecule has 1 atom stereocenters. The molecule has 1 aromatic rings. The Bertz CT molecular complexity index is 431. The van der Waals surface area contributed by atoms with E-state index in [0.29, 0.717) is 10.8 Å². The van der Waals surface area contributed by atoms with Gasteiger partial charge in [-0.2, -0.15) is 0 Å². The van der Waals surface area contributed by atoms with Crippen LogP contribution >= 0.6 is 12.2 Å². The van der Waals surface area contributed by atoms with Crippen molar-refractivity contribution in [3.05, 3.63) is 30.1 Å². The second-order valence-corrected chi connectivity index (χ2v) is 4.99. The summed E-state index contributed by atoms with van der Waals surface area (Å²) in [7, 11) is 3.40. The molecule has 86 valence electrons. The van der Waals surface area contributed by atoms with Gasteiger partial charge in [0.05, 0.1) is 5.69 Å². The van der Waals surface area contributed by atoms with Crippen LogP contribution in [0.25, 0.3) is 0 Å². The molecule has 1 saturated heterocycles. The number of thiocarbonyl (C=S) groups is 1. The minimum Gasteiger partial charge on any atom is -0.271 e. The van der Waals surface area contributed by atoms with Gasteiger partial charge in [-0.25, -0.2) is 12.9 Å². The zero-order valence-electron chi connectivity index (χ0n) is 8.75. The molecule has 0 aromatic heterocycles. The fourth-order valence-corrected chi connectivity index (χ4v) is 2.87. The minimum absolute atomic E-state index is 0.332. The molecule has 2 rings (SSSR count). The SMILES string of the molecule is CN1C(=S)N(c2ccc(F)cc2)S(=O)N1C. The van der Waals surface area contributed by atoms with E-state index in [1.54, 1.807) is 31.2 Å². The van der Waals surface area contributed by atoms with Crippen molar-refractivity contribution in [1.82, 2.24) is 9.42 Å². The predicted molar refractivity (Wildman–Crippen MR) is 65.1 cm³/mol. The molecule has 0 spiro atoms. The molecule has 0 N–H and O–H groups in total. The van der Waals surface area contributed by atoms with Crippen LogP contribution < -0.4 is 4.31 Å². The van der Waals surface area contributed by atoms with Gasteiger partial charge < -0.3 is 0 Å². The Morgan fingerprint density at radius 1 is 1.25 bits per heavy atom. The fraction of sp³-hybridized carbons (Fsp3) is 0.222. The zero-order valence-corrected chi connectivity index (χ0v) is 10.4. The van der Waals surface area contributed by atoms with E-state index < -0.39 is 11.2 Å². The van der Waals surface area contributed by atoms with Crippen LogP contribution in [0.1, 0.15) is 0 Å². The number of nitrogens with zero attached hydrogens (tertiary/aromatic N) is 3. The maximum absolute atomic E-state index is 12.8. The summed E-state index contributed by atoms with van der Waals surface area (Å²) in [5, 5.41) is 2.03. The molecule has 7 heteroatoms. The molecule has 1 fully saturated rings. The van der Waals surface area contributed by atoms with Gasteiger partial charge in [0, 0.05) is 14.1 Å². The number of hydrazine groups is 1. The Morgan fingerprint density at radius 2 is 1.81 bits per heavy atom. The summed E-state index contributed by atoms with van der Waals surface area (Å²) in [6, 6.07) is 5.72. The van der Waals surface area contributed by atoms with Gasteiger partial charge in [-0.1, -0.05) is 0 Å². The average Bonchev–Trinajstić information content (AvgIpc) is 2.46. The maximum Gasteiger partial charge on any atom is 0.224 e. The van der Waals surface area contributed by atoms with E-state index in [0.717, 1.165) is 0 Å². The molecule has 0 aliphatic carbocycles. The van der Waals surface area contributed by atoms with Crippen molar-refractivity contribution in [2.45, 2.75) is 0 Å². The first-order valence-corrected chi connectivity index (χ1v) is 5.98. The van der Waals surface area contributed by atoms with Crippen LogP contribution in [-0.4, -0.2) is 32.8 Å². The topological polar surface area (TPSA) is 26.8 Å². The third kappa shape index (κ3) is 1.70. The fourth-order valence-electron chi connectivity index (χ4n) is 1.32. The number of hydrogen-bond acceptors (Lipinski definition) is 2. The van der Waals surface area contributed by atoms with E-state index >= 15 is 0 Å². The van der Waals surface area contributed by atoms with Gasteiger partial charge in [0.1, 0.15) is 5.82 Å². The lowest BCUT2D eigenvalue weighted by atomic mass is 10.3. The van der Waals surface area contributed by atoms with Crippen molar-refractivity contribution in [3.63, 3.8) is 0 Å². The lowest BCUT2D eigenvalue weighted by Gasteiger charge is -2.15. The summed E-state index contributed by atoms with van der Waals surface area (Å²) in [6.45, 7) is 0. The van der Waals surface area contributed by atoms with Gasteiger partial charge in [-0.05, 0) is 36.5 Å². The number of anilines is 1. The molecule has 1 aliphatic rings. The Morgan fingerprint density at radius 3 is 2.25 bits per heavy atom. The second kappa shape index (κ2) is 4.08. The minimum atomic E-state index is -1.39. The molecule has 1 unspecified atom stereocenters. The van der Waals surface area contributed by atoms with E-state index in [1.165, 1.54) is 20.9 Å². The number of rotatable bonds is 1. The van der Waals surface area contributed by atoms with Crippen molar-refractivity contribution in [1.29, 1.82) is 0 Å². The molecule has 1 aromatic carbocycles. The highest BCUT2D eigenvalue weighted by Crippen LogP contribution is 2.25. The summed E-state index contributed by atoms with van der Waals surface area (Å²) >= 11 is 3.76. The van der Waals surface area contributed by atoms with E-state index in [4.69, 9.17) is 12.2 Å². The molecule has 16 heavy (non-hydrogen) atoms. The molecule has 4 nitrogen and oxygen atoms in total. The van der Waals surface area contributed by atoms with Crippen molar-refractivity contribution < 1.29 is 8.60 Å². The molecular weight excluding hydrogens is 249 g/mol. The van der Waals surface area contributed by atoms with Crippen molar-refractivity contribution in [2.75, 3.05) is 18.4 Å². The summed E-state index contributed by atoms with van der Waals surface area (Å²) in [6.07, 6.45) is 0. The second-order valence-electron chi connectivity index (χ2n) is 3.27. The smallest absolute Gasteiger partial charge is 0.224 e. The van der Waals surface area contributed by atoms with Crippen LogP contribution in [0, 0.1) is 5.82 Å². The normalized spacial score (nSPS) is 21.9. The van der Waals surface area contributed by atoms with Gasteiger partial charge in [0.25, 0.3) is 0 Å². The highest BCUT2D eigenvalue weighted by molar-refractivity contribution is 7.89. The van der Waals surface area contributed by atoms with E-state index in [9.17, 15) is 8.60 Å². The Labute approximate surface area is 101 Å². The van der Waals surface area contributed by atoms with E-state index in [2.05, 4.69) is 0 Å². The molecule has 0 bridgehead atoms. The summed E-state index contributed by atoms with van der Waals surface area (Å²) in [4.78, 5) is 0. The Balaban J connectivity index is 2.38. The standard InChI is InChI=1S/C9H10FN3OS2/c1-11-9(15)13(16(14)12(11)2)8-5-3-7(10)4-6-8/h3-6H,1-2H3. The van der Waals surface area contributed by atoms with Gasteiger partial charge in [-0.15, -0.1) is 4.41 Å². The van der Waals surface area contributed by atoms with Crippen molar-refractivity contribution in [2.24, 2.45) is 0 Å². The lowest BCUT2D eigenvalue weighted by Crippen LogP contribution is -2.32. The first-order chi connectivity index (χ1) is 7.52. The average molecular weight is 259 g/mol. The molecule has 1 heterocycles. The number of hydrogen-bond donors (Lipinski definition) is 0. The monoisotopic (exact) mass is 259 g/mol. The van der Waals surface area contributed by atoms with Gasteiger partial charge in [-0.3, -0.25) is 5.01 Å². The Hall–Kier alpha value is -1.05. The van der Waals surface area contributed by atoms with Gasteiger partial charge >= 0.3 is 0 Å². The van der Waals surface area contributed by atoms with Crippen LogP contribution in [0.4, 0.5) is 10.1 Å². The molecule has 0 saturated carbocycles. The quantitative estimate of drug-likeness (QED) is 0.711. The highest BCUT2D eigenvalue weighted by atomic mass is 32.2. The summed E-state index contributed by atoms with van der Waals surface area (Å²) in [5.41, 5.74) is 0.612. The van der Waals surface area contributed by atoms with Crippen LogP contribution in [0.5, 0.6) is 0 Å². The predicted octanol–water partition coefficient (Wildman–Crippen LogP) is 1.29. The zero-order chi connectivity index (χ0) is 11.9. The number of halogens is 1. The van der Waals surface area contributed by atoms with Crippen molar-refractivity contribution >= 4 is 34.2 Å². The molecule has 0 amide bonds. The molecule has 1 aliphatic heterocycles. The first-order valence-electron chi connectivity index (χ1n) is 4.51. The highest BCUT2D eigenvalue weighted by Gasteiger charge is 2.35. The van der Waals surface area contributed by atoms with Crippen molar-refractivity contribution in [3.8, 4) is 0 Å². The third-order valence-corrected chi connectivity index (χ3v) is 4.27. The van der Waals surface area contributed by atoms with E-state index in [-0.39, 0.29) is 5.82 Å². The Kier molecular flexibility index (Phi) is 2.92. The van der Waals surface area contributed by atoms with Gasteiger partial charge in [0.2, 0.25) is 16.3 Å². The van der Waals surface area contributed by atoms with Crippen LogP contribution in [0.2, 0.25) is 0 Å². The maximum atomic E-state index is 12.8. The number of benzene rings is 1. The third-order valence-electron chi connectivity index (χ3n) is 2.32. The van der Waals surface area contributed by atoms with Crippen LogP contribution in [0.3, 0.4) is 0 Å².